The number of alkyl halides is 6. The Morgan fingerprint density at radius 3 is 1.64 bits per heavy atom. The van der Waals surface area contributed by atoms with Crippen LogP contribution >= 0.6 is 11.3 Å². The first-order chi connectivity index (χ1) is 18.5. The lowest BCUT2D eigenvalue weighted by molar-refractivity contribution is -0.138. The van der Waals surface area contributed by atoms with Crippen molar-refractivity contribution >= 4 is 33.8 Å². The van der Waals surface area contributed by atoms with Gasteiger partial charge in [0.15, 0.2) is 5.13 Å². The largest absolute Gasteiger partial charge is 0.416 e. The number of carbonyl (C=O) groups is 1. The number of amides is 1. The molecule has 208 valence electrons. The zero-order chi connectivity index (χ0) is 27.8. The van der Waals surface area contributed by atoms with E-state index in [-0.39, 0.29) is 5.91 Å². The summed E-state index contributed by atoms with van der Waals surface area (Å²) in [6.07, 6.45) is -8.81. The molecule has 2 fully saturated rings. The fraction of sp³-hybridized carbons (Fsp3) is 0.385. The molecule has 0 aliphatic carbocycles. The third-order valence-electron chi connectivity index (χ3n) is 6.91. The fourth-order valence-electron chi connectivity index (χ4n) is 4.75. The molecular weight excluding hydrogens is 544 g/mol. The third-order valence-corrected chi connectivity index (χ3v) is 7.81. The van der Waals surface area contributed by atoms with Gasteiger partial charge in [-0.1, -0.05) is 12.1 Å². The van der Waals surface area contributed by atoms with Gasteiger partial charge in [0, 0.05) is 69.1 Å². The average Bonchev–Trinajstić information content (AvgIpc) is 3.43. The smallest absolute Gasteiger partial charge is 0.368 e. The second kappa shape index (κ2) is 10.6. The molecular formula is C26H25F6N5OS. The van der Waals surface area contributed by atoms with E-state index >= 15 is 0 Å². The van der Waals surface area contributed by atoms with Crippen LogP contribution in [0, 0.1) is 0 Å². The molecule has 2 aromatic carbocycles. The van der Waals surface area contributed by atoms with Gasteiger partial charge in [0.2, 0.25) is 0 Å². The van der Waals surface area contributed by atoms with E-state index in [0.717, 1.165) is 24.3 Å². The van der Waals surface area contributed by atoms with Crippen LogP contribution in [0.15, 0.2) is 53.9 Å². The van der Waals surface area contributed by atoms with Crippen LogP contribution in [0.5, 0.6) is 0 Å². The van der Waals surface area contributed by atoms with Crippen molar-refractivity contribution in [3.63, 3.8) is 0 Å². The van der Waals surface area contributed by atoms with Gasteiger partial charge in [-0.15, -0.1) is 11.3 Å². The summed E-state index contributed by atoms with van der Waals surface area (Å²) in [6.45, 7) is 3.65. The molecule has 0 N–H and O–H groups in total. The first kappa shape index (κ1) is 27.1. The molecule has 0 radical (unpaired) electrons. The summed E-state index contributed by atoms with van der Waals surface area (Å²) in [5.41, 5.74) is -0.0888. The molecule has 0 saturated carbocycles. The van der Waals surface area contributed by atoms with Gasteiger partial charge in [-0.05, 0) is 36.4 Å². The number of piperazine rings is 2. The van der Waals surface area contributed by atoms with Gasteiger partial charge in [-0.2, -0.15) is 26.3 Å². The number of nitrogens with zero attached hydrogens (tertiary/aromatic N) is 5. The number of hydrogen-bond acceptors (Lipinski definition) is 6. The summed E-state index contributed by atoms with van der Waals surface area (Å²) in [4.78, 5) is 25.0. The highest BCUT2D eigenvalue weighted by Gasteiger charge is 2.33. The van der Waals surface area contributed by atoms with E-state index in [1.165, 1.54) is 23.5 Å². The minimum Gasteiger partial charge on any atom is -0.368 e. The van der Waals surface area contributed by atoms with Crippen molar-refractivity contribution in [1.29, 1.82) is 0 Å². The highest BCUT2D eigenvalue weighted by Crippen LogP contribution is 2.33. The van der Waals surface area contributed by atoms with Crippen molar-refractivity contribution in [2.75, 3.05) is 67.1 Å². The molecule has 2 aliphatic heterocycles. The summed E-state index contributed by atoms with van der Waals surface area (Å²) < 4.78 is 78.4. The van der Waals surface area contributed by atoms with Crippen LogP contribution in [0.3, 0.4) is 0 Å². The van der Waals surface area contributed by atoms with E-state index in [4.69, 9.17) is 0 Å². The molecule has 13 heteroatoms. The summed E-state index contributed by atoms with van der Waals surface area (Å²) >= 11 is 1.34. The summed E-state index contributed by atoms with van der Waals surface area (Å²) in [5.74, 6) is -0.233. The quantitative estimate of drug-likeness (QED) is 0.390. The Labute approximate surface area is 225 Å². The van der Waals surface area contributed by atoms with Crippen molar-refractivity contribution in [2.45, 2.75) is 12.4 Å². The van der Waals surface area contributed by atoms with E-state index < -0.39 is 23.5 Å². The number of benzene rings is 2. The molecule has 0 atom stereocenters. The first-order valence-electron chi connectivity index (χ1n) is 12.3. The SMILES string of the molecule is O=C(c1csc(N2CCN(c3cccc(C(F)(F)F)c3)CC2)n1)N1CCN(c2cccc(C(F)(F)F)c2)CC1. The van der Waals surface area contributed by atoms with Gasteiger partial charge < -0.3 is 19.6 Å². The van der Waals surface area contributed by atoms with Gasteiger partial charge in [-0.3, -0.25) is 4.79 Å². The number of thiazole rings is 1. The zero-order valence-corrected chi connectivity index (χ0v) is 21.5. The lowest BCUT2D eigenvalue weighted by Crippen LogP contribution is -2.49. The second-order valence-corrected chi connectivity index (χ2v) is 10.2. The minimum absolute atomic E-state index is 0.233. The molecule has 2 saturated heterocycles. The standard InChI is InChI=1S/C26H25F6N5OS/c27-25(28,29)18-3-1-5-20(15-18)34-7-11-36(12-8-34)23(38)22-17-39-24(33-22)37-13-9-35(10-14-37)21-6-2-4-19(16-21)26(30,31)32/h1-6,15-17H,7-14H2. The predicted octanol–water partition coefficient (Wildman–Crippen LogP) is 5.47. The lowest BCUT2D eigenvalue weighted by Gasteiger charge is -2.36. The van der Waals surface area contributed by atoms with Crippen LogP contribution < -0.4 is 14.7 Å². The molecule has 39 heavy (non-hydrogen) atoms. The van der Waals surface area contributed by atoms with Crippen molar-refractivity contribution in [1.82, 2.24) is 9.88 Å². The van der Waals surface area contributed by atoms with Crippen LogP contribution in [-0.2, 0) is 12.4 Å². The van der Waals surface area contributed by atoms with Crippen molar-refractivity contribution in [2.24, 2.45) is 0 Å². The minimum atomic E-state index is -4.42. The number of carbonyl (C=O) groups excluding carboxylic acids is 1. The maximum absolute atomic E-state index is 13.1. The summed E-state index contributed by atoms with van der Waals surface area (Å²) in [5, 5.41) is 2.36. The Balaban J connectivity index is 1.16. The Morgan fingerprint density at radius 2 is 1.15 bits per heavy atom. The van der Waals surface area contributed by atoms with Crippen LogP contribution in [0.2, 0.25) is 0 Å². The Morgan fingerprint density at radius 1 is 0.692 bits per heavy atom. The first-order valence-corrected chi connectivity index (χ1v) is 13.2. The van der Waals surface area contributed by atoms with Crippen molar-refractivity contribution in [3.8, 4) is 0 Å². The molecule has 6 nitrogen and oxygen atoms in total. The van der Waals surface area contributed by atoms with Gasteiger partial charge in [-0.25, -0.2) is 4.98 Å². The summed E-state index contributed by atoms with van der Waals surface area (Å²) in [6, 6.07) is 10.5. The van der Waals surface area contributed by atoms with Gasteiger partial charge in [0.1, 0.15) is 5.69 Å². The predicted molar refractivity (Wildman–Crippen MR) is 138 cm³/mol. The van der Waals surface area contributed by atoms with Crippen molar-refractivity contribution < 1.29 is 31.1 Å². The van der Waals surface area contributed by atoms with Gasteiger partial charge in [0.05, 0.1) is 11.1 Å². The number of rotatable bonds is 4. The van der Waals surface area contributed by atoms with E-state index in [1.807, 2.05) is 14.7 Å². The summed E-state index contributed by atoms with van der Waals surface area (Å²) in [7, 11) is 0. The number of hydrogen-bond donors (Lipinski definition) is 0. The molecule has 1 amide bonds. The molecule has 1 aromatic heterocycles. The highest BCUT2D eigenvalue weighted by molar-refractivity contribution is 7.13. The second-order valence-electron chi connectivity index (χ2n) is 9.36. The van der Waals surface area contributed by atoms with Crippen LogP contribution in [-0.4, -0.2) is 68.1 Å². The third kappa shape index (κ3) is 6.07. The normalized spacial score (nSPS) is 17.1. The number of halogens is 6. The van der Waals surface area contributed by atoms with Gasteiger partial charge in [0.25, 0.3) is 5.91 Å². The van der Waals surface area contributed by atoms with E-state index in [0.29, 0.717) is 74.6 Å². The molecule has 2 aliphatic rings. The molecule has 5 rings (SSSR count). The van der Waals surface area contributed by atoms with Gasteiger partial charge >= 0.3 is 12.4 Å². The number of aromatic nitrogens is 1. The van der Waals surface area contributed by atoms with Crippen LogP contribution in [0.1, 0.15) is 21.6 Å². The van der Waals surface area contributed by atoms with E-state index in [2.05, 4.69) is 4.98 Å². The number of anilines is 3. The highest BCUT2D eigenvalue weighted by atomic mass is 32.1. The Hall–Kier alpha value is -3.48. The Kier molecular flexibility index (Phi) is 7.36. The monoisotopic (exact) mass is 569 g/mol. The topological polar surface area (TPSA) is 42.9 Å². The zero-order valence-electron chi connectivity index (χ0n) is 20.7. The van der Waals surface area contributed by atoms with E-state index in [9.17, 15) is 31.1 Å². The lowest BCUT2D eigenvalue weighted by atomic mass is 10.1. The van der Waals surface area contributed by atoms with Crippen molar-refractivity contribution in [3.05, 3.63) is 70.7 Å². The molecule has 0 spiro atoms. The Bertz CT molecular complexity index is 1310. The molecule has 3 heterocycles. The van der Waals surface area contributed by atoms with E-state index in [1.54, 1.807) is 22.4 Å². The molecule has 0 unspecified atom stereocenters. The fourth-order valence-corrected chi connectivity index (χ4v) is 5.60. The van der Waals surface area contributed by atoms with Crippen LogP contribution in [0.25, 0.3) is 0 Å². The maximum Gasteiger partial charge on any atom is 0.416 e. The molecule has 3 aromatic rings. The van der Waals surface area contributed by atoms with Crippen LogP contribution in [0.4, 0.5) is 42.8 Å². The average molecular weight is 570 g/mol. The maximum atomic E-state index is 13.1. The molecule has 0 bridgehead atoms.